The zero-order chi connectivity index (χ0) is 21.3. The van der Waals surface area contributed by atoms with Crippen LogP contribution in [0.1, 0.15) is 45.4 Å². The van der Waals surface area contributed by atoms with E-state index in [1.807, 2.05) is 23.1 Å². The number of hydrogen-bond donors (Lipinski definition) is 3. The summed E-state index contributed by atoms with van der Waals surface area (Å²) < 4.78 is 1.47. The van der Waals surface area contributed by atoms with E-state index in [1.165, 1.54) is 0 Å². The Balaban J connectivity index is 1.51. The van der Waals surface area contributed by atoms with Gasteiger partial charge < -0.3 is 20.3 Å². The fourth-order valence-corrected chi connectivity index (χ4v) is 4.42. The van der Waals surface area contributed by atoms with Crippen molar-refractivity contribution in [2.75, 3.05) is 19.7 Å². The van der Waals surface area contributed by atoms with E-state index in [-0.39, 0.29) is 18.4 Å². The Morgan fingerprint density at radius 1 is 1.17 bits per heavy atom. The Morgan fingerprint density at radius 3 is 2.63 bits per heavy atom. The molecular weight excluding hydrogens is 516 g/mol. The van der Waals surface area contributed by atoms with Gasteiger partial charge in [-0.05, 0) is 65.2 Å². The van der Waals surface area contributed by atoms with Crippen molar-refractivity contribution in [2.45, 2.75) is 18.9 Å². The molecule has 0 spiro atoms. The summed E-state index contributed by atoms with van der Waals surface area (Å²) in [6, 6.07) is 9.84. The zero-order valence-corrected chi connectivity index (χ0v) is 19.2. The van der Waals surface area contributed by atoms with E-state index in [0.29, 0.717) is 21.4 Å². The standard InChI is InChI=1S/C21H20Br2N4O3/c22-13-4-6-16-17(10-13)25-19(24-16)18(11-28)26-20(29)12-3-5-14(15(23)9-12)21(30)27-7-1-2-8-27/h3-6,9-10,18,28H,1-2,7-8,11H2,(H,24,25)(H,26,29). The molecule has 1 aromatic heterocycles. The number of amides is 2. The van der Waals surface area contributed by atoms with Crippen molar-refractivity contribution < 1.29 is 14.7 Å². The minimum Gasteiger partial charge on any atom is -0.394 e. The maximum absolute atomic E-state index is 12.8. The van der Waals surface area contributed by atoms with Crippen molar-refractivity contribution in [1.82, 2.24) is 20.2 Å². The molecule has 3 N–H and O–H groups in total. The molecule has 0 bridgehead atoms. The van der Waals surface area contributed by atoms with Gasteiger partial charge in [0.2, 0.25) is 0 Å². The molecule has 2 amide bonds. The van der Waals surface area contributed by atoms with E-state index < -0.39 is 6.04 Å². The Bertz CT molecular complexity index is 1110. The number of aliphatic hydroxyl groups is 1. The van der Waals surface area contributed by atoms with Gasteiger partial charge in [0.15, 0.2) is 0 Å². The van der Waals surface area contributed by atoms with E-state index in [0.717, 1.165) is 41.4 Å². The van der Waals surface area contributed by atoms with Crippen LogP contribution >= 0.6 is 31.9 Å². The average molecular weight is 536 g/mol. The van der Waals surface area contributed by atoms with Crippen LogP contribution in [0.5, 0.6) is 0 Å². The molecule has 2 heterocycles. The molecule has 7 nitrogen and oxygen atoms in total. The fraction of sp³-hybridized carbons (Fsp3) is 0.286. The lowest BCUT2D eigenvalue weighted by molar-refractivity contribution is 0.0791. The number of H-pyrrole nitrogens is 1. The van der Waals surface area contributed by atoms with E-state index in [9.17, 15) is 14.7 Å². The first kappa shape index (κ1) is 21.0. The molecule has 4 rings (SSSR count). The van der Waals surface area contributed by atoms with Crippen LogP contribution in [0.2, 0.25) is 0 Å². The fourth-order valence-electron chi connectivity index (χ4n) is 3.53. The highest BCUT2D eigenvalue weighted by molar-refractivity contribution is 9.10. The number of rotatable bonds is 5. The van der Waals surface area contributed by atoms with Gasteiger partial charge in [-0.1, -0.05) is 15.9 Å². The number of nitrogens with zero attached hydrogens (tertiary/aromatic N) is 2. The van der Waals surface area contributed by atoms with Crippen LogP contribution in [-0.2, 0) is 0 Å². The quantitative estimate of drug-likeness (QED) is 0.463. The van der Waals surface area contributed by atoms with Gasteiger partial charge >= 0.3 is 0 Å². The van der Waals surface area contributed by atoms with Crippen LogP contribution in [0.25, 0.3) is 11.0 Å². The smallest absolute Gasteiger partial charge is 0.254 e. The van der Waals surface area contributed by atoms with Crippen LogP contribution in [0.15, 0.2) is 45.3 Å². The van der Waals surface area contributed by atoms with Crippen molar-refractivity contribution in [3.63, 3.8) is 0 Å². The number of hydrogen-bond acceptors (Lipinski definition) is 4. The molecule has 1 saturated heterocycles. The number of carbonyl (C=O) groups is 2. The Kier molecular flexibility index (Phi) is 6.21. The molecule has 1 aliphatic rings. The Hall–Kier alpha value is -2.23. The second-order valence-electron chi connectivity index (χ2n) is 7.19. The number of benzene rings is 2. The molecule has 1 atom stereocenters. The SMILES string of the molecule is O=C(NC(CO)c1nc2cc(Br)ccc2[nH]1)c1ccc(C(=O)N2CCCC2)c(Br)c1. The van der Waals surface area contributed by atoms with Gasteiger partial charge in [0.05, 0.1) is 23.2 Å². The molecular formula is C21H20Br2N4O3. The topological polar surface area (TPSA) is 98.3 Å². The summed E-state index contributed by atoms with van der Waals surface area (Å²) in [7, 11) is 0. The first-order valence-corrected chi connectivity index (χ1v) is 11.2. The molecule has 30 heavy (non-hydrogen) atoms. The zero-order valence-electron chi connectivity index (χ0n) is 16.0. The number of aromatic amines is 1. The number of nitrogens with one attached hydrogen (secondary N) is 2. The van der Waals surface area contributed by atoms with Crippen LogP contribution < -0.4 is 5.32 Å². The first-order valence-electron chi connectivity index (χ1n) is 9.62. The summed E-state index contributed by atoms with van der Waals surface area (Å²) in [5, 5.41) is 12.6. The van der Waals surface area contributed by atoms with E-state index in [1.54, 1.807) is 18.2 Å². The first-order chi connectivity index (χ1) is 14.5. The number of aliphatic hydroxyl groups excluding tert-OH is 1. The highest BCUT2D eigenvalue weighted by Gasteiger charge is 2.23. The maximum Gasteiger partial charge on any atom is 0.254 e. The van der Waals surface area contributed by atoms with E-state index in [2.05, 4.69) is 47.1 Å². The van der Waals surface area contributed by atoms with E-state index >= 15 is 0 Å². The predicted octanol–water partition coefficient (Wildman–Crippen LogP) is 3.79. The number of aromatic nitrogens is 2. The second kappa shape index (κ2) is 8.87. The van der Waals surface area contributed by atoms with Crippen molar-refractivity contribution >= 4 is 54.7 Å². The number of likely N-dealkylation sites (tertiary alicyclic amines) is 1. The number of carbonyl (C=O) groups excluding carboxylic acids is 2. The Morgan fingerprint density at radius 2 is 1.93 bits per heavy atom. The average Bonchev–Trinajstić information content (AvgIpc) is 3.40. The third-order valence-electron chi connectivity index (χ3n) is 5.14. The Labute approximate surface area is 190 Å². The predicted molar refractivity (Wildman–Crippen MR) is 120 cm³/mol. The maximum atomic E-state index is 12.8. The minimum absolute atomic E-state index is 0.0343. The van der Waals surface area contributed by atoms with Crippen LogP contribution in [-0.4, -0.2) is 51.5 Å². The molecule has 0 aliphatic carbocycles. The molecule has 1 unspecified atom stereocenters. The summed E-state index contributed by atoms with van der Waals surface area (Å²) in [5.41, 5.74) is 2.47. The lowest BCUT2D eigenvalue weighted by atomic mass is 10.1. The molecule has 0 radical (unpaired) electrons. The normalized spacial score (nSPS) is 14.8. The summed E-state index contributed by atoms with van der Waals surface area (Å²) in [4.78, 5) is 34.8. The van der Waals surface area contributed by atoms with Gasteiger partial charge in [-0.2, -0.15) is 0 Å². The molecule has 156 valence electrons. The van der Waals surface area contributed by atoms with Crippen molar-refractivity contribution in [3.8, 4) is 0 Å². The highest BCUT2D eigenvalue weighted by atomic mass is 79.9. The molecule has 1 fully saturated rings. The molecule has 2 aromatic carbocycles. The summed E-state index contributed by atoms with van der Waals surface area (Å²) in [6.07, 6.45) is 2.04. The lowest BCUT2D eigenvalue weighted by Crippen LogP contribution is -2.32. The summed E-state index contributed by atoms with van der Waals surface area (Å²) in [5.74, 6) is 0.0726. The van der Waals surface area contributed by atoms with Gasteiger partial charge in [-0.25, -0.2) is 4.98 Å². The van der Waals surface area contributed by atoms with Crippen LogP contribution in [0.3, 0.4) is 0 Å². The molecule has 1 aliphatic heterocycles. The number of halogens is 2. The minimum atomic E-state index is -0.687. The van der Waals surface area contributed by atoms with Crippen molar-refractivity contribution in [1.29, 1.82) is 0 Å². The summed E-state index contributed by atoms with van der Waals surface area (Å²) in [6.45, 7) is 1.22. The van der Waals surface area contributed by atoms with E-state index in [4.69, 9.17) is 0 Å². The second-order valence-corrected chi connectivity index (χ2v) is 8.96. The summed E-state index contributed by atoms with van der Waals surface area (Å²) >= 11 is 6.83. The molecule has 0 saturated carbocycles. The lowest BCUT2D eigenvalue weighted by Gasteiger charge is -2.17. The van der Waals surface area contributed by atoms with Gasteiger partial charge in [-0.3, -0.25) is 9.59 Å². The van der Waals surface area contributed by atoms with Crippen LogP contribution in [0.4, 0.5) is 0 Å². The monoisotopic (exact) mass is 534 g/mol. The molecule has 3 aromatic rings. The third-order valence-corrected chi connectivity index (χ3v) is 6.29. The van der Waals surface area contributed by atoms with Gasteiger partial charge in [0.25, 0.3) is 11.8 Å². The number of fused-ring (bicyclic) bond motifs is 1. The van der Waals surface area contributed by atoms with Crippen molar-refractivity contribution in [2.24, 2.45) is 0 Å². The number of imidazole rings is 1. The van der Waals surface area contributed by atoms with Crippen molar-refractivity contribution in [3.05, 3.63) is 62.3 Å². The van der Waals surface area contributed by atoms with Crippen LogP contribution in [0, 0.1) is 0 Å². The third kappa shape index (κ3) is 4.28. The van der Waals surface area contributed by atoms with Gasteiger partial charge in [0, 0.05) is 27.6 Å². The van der Waals surface area contributed by atoms with Gasteiger partial charge in [-0.15, -0.1) is 0 Å². The van der Waals surface area contributed by atoms with Gasteiger partial charge in [0.1, 0.15) is 11.9 Å². The molecule has 9 heteroatoms. The highest BCUT2D eigenvalue weighted by Crippen LogP contribution is 2.24. The largest absolute Gasteiger partial charge is 0.394 e.